The smallest absolute Gasteiger partial charge is 0.319 e. The lowest BCUT2D eigenvalue weighted by Gasteiger charge is -2.03. The molecule has 1 aromatic heterocycles. The first kappa shape index (κ1) is 9.52. The van der Waals surface area contributed by atoms with Crippen LogP contribution in [-0.4, -0.2) is 22.8 Å². The van der Waals surface area contributed by atoms with Crippen molar-refractivity contribution in [2.45, 2.75) is 23.6 Å². The zero-order valence-corrected chi connectivity index (χ0v) is 8.71. The molecular formula is C10H11NO2S. The van der Waals surface area contributed by atoms with Gasteiger partial charge in [0.2, 0.25) is 0 Å². The number of carbonyl (C=O) groups is 1. The summed E-state index contributed by atoms with van der Waals surface area (Å²) in [6, 6.07) is 3.93. The van der Waals surface area contributed by atoms with Crippen LogP contribution in [0.3, 0.4) is 0 Å². The van der Waals surface area contributed by atoms with Gasteiger partial charge in [-0.15, -0.1) is 0 Å². The van der Waals surface area contributed by atoms with Crippen molar-refractivity contribution in [3.05, 3.63) is 23.9 Å². The Bertz CT molecular complexity index is 336. The minimum atomic E-state index is -0.114. The lowest BCUT2D eigenvalue weighted by atomic mass is 10.3. The third-order valence-corrected chi connectivity index (χ3v) is 3.23. The number of nitrogens with zero attached hydrogens (tertiary/aromatic N) is 1. The lowest BCUT2D eigenvalue weighted by Crippen LogP contribution is -2.09. The standard InChI is InChI=1S/C10H11NO2S/c1-7-2-3-9(11-6-7)14-8-4-5-13-10(8)12/h2-3,6,8H,4-5H2,1H3. The van der Waals surface area contributed by atoms with Crippen LogP contribution < -0.4 is 0 Å². The van der Waals surface area contributed by atoms with Crippen molar-refractivity contribution in [2.75, 3.05) is 6.61 Å². The summed E-state index contributed by atoms with van der Waals surface area (Å²) in [4.78, 5) is 15.4. The molecule has 14 heavy (non-hydrogen) atoms. The number of rotatable bonds is 2. The second-order valence-electron chi connectivity index (χ2n) is 3.24. The molecule has 1 aliphatic heterocycles. The Morgan fingerprint density at radius 2 is 2.43 bits per heavy atom. The van der Waals surface area contributed by atoms with E-state index >= 15 is 0 Å². The molecule has 1 saturated heterocycles. The number of aryl methyl sites for hydroxylation is 1. The fourth-order valence-electron chi connectivity index (χ4n) is 1.25. The van der Waals surface area contributed by atoms with Gasteiger partial charge < -0.3 is 4.74 Å². The second kappa shape index (κ2) is 4.00. The summed E-state index contributed by atoms with van der Waals surface area (Å²) in [5, 5.41) is 0.824. The minimum Gasteiger partial charge on any atom is -0.465 e. The molecule has 0 spiro atoms. The first-order chi connectivity index (χ1) is 6.75. The maximum atomic E-state index is 11.2. The molecule has 1 aromatic rings. The van der Waals surface area contributed by atoms with Crippen molar-refractivity contribution in [2.24, 2.45) is 0 Å². The number of hydrogen-bond donors (Lipinski definition) is 0. The van der Waals surface area contributed by atoms with Gasteiger partial charge in [-0.1, -0.05) is 17.8 Å². The monoisotopic (exact) mass is 209 g/mol. The van der Waals surface area contributed by atoms with Gasteiger partial charge in [-0.2, -0.15) is 0 Å². The van der Waals surface area contributed by atoms with Crippen molar-refractivity contribution in [1.29, 1.82) is 0 Å². The van der Waals surface area contributed by atoms with E-state index in [9.17, 15) is 4.79 Å². The predicted molar refractivity (Wildman–Crippen MR) is 54.2 cm³/mol. The summed E-state index contributed by atoms with van der Waals surface area (Å²) in [5.41, 5.74) is 1.13. The summed E-state index contributed by atoms with van der Waals surface area (Å²) in [5.74, 6) is -0.114. The molecule has 2 heterocycles. The third-order valence-electron chi connectivity index (χ3n) is 2.03. The molecule has 0 amide bonds. The van der Waals surface area contributed by atoms with Gasteiger partial charge in [-0.3, -0.25) is 4.79 Å². The molecule has 4 heteroatoms. The number of carbonyl (C=O) groups excluding carboxylic acids is 1. The van der Waals surface area contributed by atoms with E-state index in [-0.39, 0.29) is 11.2 Å². The first-order valence-corrected chi connectivity index (χ1v) is 5.39. The van der Waals surface area contributed by atoms with Crippen LogP contribution in [-0.2, 0) is 9.53 Å². The molecule has 0 aliphatic carbocycles. The van der Waals surface area contributed by atoms with Crippen LogP contribution in [0.2, 0.25) is 0 Å². The molecule has 3 nitrogen and oxygen atoms in total. The molecule has 1 aliphatic rings. The Hall–Kier alpha value is -1.03. The van der Waals surface area contributed by atoms with Crippen LogP contribution in [0.1, 0.15) is 12.0 Å². The normalized spacial score (nSPS) is 20.9. The first-order valence-electron chi connectivity index (χ1n) is 4.51. The molecule has 1 atom stereocenters. The number of hydrogen-bond acceptors (Lipinski definition) is 4. The fourth-order valence-corrected chi connectivity index (χ4v) is 2.18. The summed E-state index contributed by atoms with van der Waals surface area (Å²) in [7, 11) is 0. The van der Waals surface area contributed by atoms with Crippen LogP contribution in [0.25, 0.3) is 0 Å². The van der Waals surface area contributed by atoms with E-state index in [0.717, 1.165) is 17.0 Å². The molecule has 0 saturated carbocycles. The highest BCUT2D eigenvalue weighted by molar-refractivity contribution is 8.00. The van der Waals surface area contributed by atoms with Gasteiger partial charge in [0.15, 0.2) is 0 Å². The molecule has 0 bridgehead atoms. The Morgan fingerprint density at radius 1 is 1.57 bits per heavy atom. The molecule has 1 fully saturated rings. The highest BCUT2D eigenvalue weighted by atomic mass is 32.2. The highest BCUT2D eigenvalue weighted by Crippen LogP contribution is 2.27. The third kappa shape index (κ3) is 2.07. The second-order valence-corrected chi connectivity index (χ2v) is 4.46. The van der Waals surface area contributed by atoms with E-state index in [1.54, 1.807) is 0 Å². The predicted octanol–water partition coefficient (Wildman–Crippen LogP) is 1.80. The zero-order chi connectivity index (χ0) is 9.97. The average molecular weight is 209 g/mol. The van der Waals surface area contributed by atoms with Gasteiger partial charge in [-0.25, -0.2) is 4.98 Å². The largest absolute Gasteiger partial charge is 0.465 e. The summed E-state index contributed by atoms with van der Waals surface area (Å²) in [6.07, 6.45) is 2.60. The summed E-state index contributed by atoms with van der Waals surface area (Å²) < 4.78 is 4.87. The van der Waals surface area contributed by atoms with Gasteiger partial charge in [0.1, 0.15) is 5.25 Å². The molecule has 2 rings (SSSR count). The van der Waals surface area contributed by atoms with Crippen molar-refractivity contribution >= 4 is 17.7 Å². The van der Waals surface area contributed by atoms with Gasteiger partial charge >= 0.3 is 5.97 Å². The van der Waals surface area contributed by atoms with Gasteiger partial charge in [0, 0.05) is 12.6 Å². The molecule has 0 aromatic carbocycles. The van der Waals surface area contributed by atoms with E-state index in [0.29, 0.717) is 6.61 Å². The maximum absolute atomic E-state index is 11.2. The molecule has 74 valence electrons. The molecule has 0 N–H and O–H groups in total. The fraction of sp³-hybridized carbons (Fsp3) is 0.400. The van der Waals surface area contributed by atoms with Crippen LogP contribution >= 0.6 is 11.8 Å². The topological polar surface area (TPSA) is 39.2 Å². The highest BCUT2D eigenvalue weighted by Gasteiger charge is 2.27. The number of thioether (sulfide) groups is 1. The Kier molecular flexibility index (Phi) is 2.72. The minimum absolute atomic E-state index is 0.0646. The number of ether oxygens (including phenoxy) is 1. The number of aromatic nitrogens is 1. The summed E-state index contributed by atoms with van der Waals surface area (Å²) >= 11 is 1.48. The van der Waals surface area contributed by atoms with E-state index < -0.39 is 0 Å². The van der Waals surface area contributed by atoms with Crippen molar-refractivity contribution in [3.63, 3.8) is 0 Å². The Labute approximate surface area is 86.9 Å². The van der Waals surface area contributed by atoms with Gasteiger partial charge in [0.25, 0.3) is 0 Å². The van der Waals surface area contributed by atoms with E-state index in [1.165, 1.54) is 11.8 Å². The average Bonchev–Trinajstić information content (AvgIpc) is 2.56. The van der Waals surface area contributed by atoms with E-state index in [1.807, 2.05) is 25.3 Å². The van der Waals surface area contributed by atoms with Gasteiger partial charge in [0.05, 0.1) is 11.6 Å². The van der Waals surface area contributed by atoms with Crippen LogP contribution in [0.4, 0.5) is 0 Å². The Morgan fingerprint density at radius 3 is 3.00 bits per heavy atom. The Balaban J connectivity index is 2.03. The summed E-state index contributed by atoms with van der Waals surface area (Å²) in [6.45, 7) is 2.54. The number of cyclic esters (lactones) is 1. The van der Waals surface area contributed by atoms with E-state index in [2.05, 4.69) is 4.98 Å². The number of pyridine rings is 1. The van der Waals surface area contributed by atoms with Crippen molar-refractivity contribution < 1.29 is 9.53 Å². The van der Waals surface area contributed by atoms with Crippen LogP contribution in [0.15, 0.2) is 23.4 Å². The molecule has 1 unspecified atom stereocenters. The van der Waals surface area contributed by atoms with Crippen LogP contribution in [0, 0.1) is 6.92 Å². The molecular weight excluding hydrogens is 198 g/mol. The zero-order valence-electron chi connectivity index (χ0n) is 7.90. The molecule has 0 radical (unpaired) electrons. The van der Waals surface area contributed by atoms with Crippen LogP contribution in [0.5, 0.6) is 0 Å². The number of esters is 1. The lowest BCUT2D eigenvalue weighted by molar-refractivity contribution is -0.137. The van der Waals surface area contributed by atoms with Crippen molar-refractivity contribution in [1.82, 2.24) is 4.98 Å². The quantitative estimate of drug-likeness (QED) is 0.696. The van der Waals surface area contributed by atoms with Gasteiger partial charge in [-0.05, 0) is 18.6 Å². The SMILES string of the molecule is Cc1ccc(SC2CCOC2=O)nc1. The van der Waals surface area contributed by atoms with Crippen molar-refractivity contribution in [3.8, 4) is 0 Å². The maximum Gasteiger partial charge on any atom is 0.319 e. The van der Waals surface area contributed by atoms with E-state index in [4.69, 9.17) is 4.74 Å².